The van der Waals surface area contributed by atoms with Crippen LogP contribution in [0.15, 0.2) is 34.1 Å². The molecule has 0 aliphatic carbocycles. The molecule has 2 heterocycles. The van der Waals surface area contributed by atoms with Crippen LogP contribution in [0.25, 0.3) is 11.0 Å². The first-order valence-electron chi connectivity index (χ1n) is 5.61. The molecule has 0 saturated carbocycles. The zero-order valence-electron chi connectivity index (χ0n) is 9.74. The van der Waals surface area contributed by atoms with Gasteiger partial charge in [0.1, 0.15) is 5.82 Å². The highest BCUT2D eigenvalue weighted by Gasteiger charge is 2.11. The van der Waals surface area contributed by atoms with Crippen LogP contribution >= 0.6 is 61.5 Å². The highest BCUT2D eigenvalue weighted by atomic mass is 127. The van der Waals surface area contributed by atoms with Crippen LogP contribution in [-0.4, -0.2) is 9.55 Å². The van der Waals surface area contributed by atoms with Gasteiger partial charge in [-0.2, -0.15) is 0 Å². The van der Waals surface area contributed by atoms with E-state index < -0.39 is 0 Å². The molecular weight excluding hydrogens is 458 g/mol. The lowest BCUT2D eigenvalue weighted by Gasteiger charge is -2.05. The molecule has 3 rings (SSSR count). The standard InChI is InChI=1S/C13H9BrClIN2S/c14-8-3-10(19-7-8)6-18-12-2-1-9(16)4-11(12)17-13(18)5-15/h1-4,7H,5-6H2. The van der Waals surface area contributed by atoms with Crippen molar-refractivity contribution in [2.45, 2.75) is 12.4 Å². The van der Waals surface area contributed by atoms with Gasteiger partial charge in [-0.1, -0.05) is 0 Å². The Labute approximate surface area is 142 Å². The number of aromatic nitrogens is 2. The first-order chi connectivity index (χ1) is 9.17. The predicted molar refractivity (Wildman–Crippen MR) is 93.1 cm³/mol. The number of fused-ring (bicyclic) bond motifs is 1. The normalized spacial score (nSPS) is 11.3. The summed E-state index contributed by atoms with van der Waals surface area (Å²) in [5.74, 6) is 1.35. The van der Waals surface area contributed by atoms with Crippen molar-refractivity contribution in [2.75, 3.05) is 0 Å². The predicted octanol–water partition coefficient (Wildman–Crippen LogP) is 5.25. The number of imidazole rings is 1. The van der Waals surface area contributed by atoms with Gasteiger partial charge in [0.25, 0.3) is 0 Å². The fraction of sp³-hybridized carbons (Fsp3) is 0.154. The van der Waals surface area contributed by atoms with Crippen molar-refractivity contribution in [3.63, 3.8) is 0 Å². The number of hydrogen-bond acceptors (Lipinski definition) is 2. The molecule has 0 unspecified atom stereocenters. The number of halogens is 3. The lowest BCUT2D eigenvalue weighted by Crippen LogP contribution is -2.02. The van der Waals surface area contributed by atoms with Crippen LogP contribution in [0.4, 0.5) is 0 Å². The average Bonchev–Trinajstić information content (AvgIpc) is 2.94. The van der Waals surface area contributed by atoms with Gasteiger partial charge in [0, 0.05) is 18.3 Å². The van der Waals surface area contributed by atoms with Crippen LogP contribution in [-0.2, 0) is 12.4 Å². The van der Waals surface area contributed by atoms with Crippen molar-refractivity contribution in [3.05, 3.63) is 48.4 Å². The Hall–Kier alpha value is -0.110. The number of alkyl halides is 1. The summed E-state index contributed by atoms with van der Waals surface area (Å²) in [5, 5.41) is 2.09. The van der Waals surface area contributed by atoms with Gasteiger partial charge in [0.2, 0.25) is 0 Å². The van der Waals surface area contributed by atoms with E-state index in [0.717, 1.165) is 27.9 Å². The van der Waals surface area contributed by atoms with E-state index in [9.17, 15) is 0 Å². The first-order valence-corrected chi connectivity index (χ1v) is 8.89. The third-order valence-corrected chi connectivity index (χ3v) is 5.44. The van der Waals surface area contributed by atoms with E-state index in [0.29, 0.717) is 5.88 Å². The Morgan fingerprint density at radius 3 is 2.89 bits per heavy atom. The second-order valence-corrected chi connectivity index (χ2v) is 7.54. The highest BCUT2D eigenvalue weighted by molar-refractivity contribution is 14.1. The molecule has 0 fully saturated rings. The van der Waals surface area contributed by atoms with Gasteiger partial charge in [-0.25, -0.2) is 4.98 Å². The summed E-state index contributed by atoms with van der Waals surface area (Å²) in [6.07, 6.45) is 0. The van der Waals surface area contributed by atoms with Crippen molar-refractivity contribution in [1.82, 2.24) is 9.55 Å². The van der Waals surface area contributed by atoms with E-state index in [2.05, 4.69) is 77.7 Å². The molecule has 0 atom stereocenters. The van der Waals surface area contributed by atoms with E-state index in [1.54, 1.807) is 11.3 Å². The van der Waals surface area contributed by atoms with Crippen molar-refractivity contribution >= 4 is 72.5 Å². The van der Waals surface area contributed by atoms with Gasteiger partial charge in [0.05, 0.1) is 23.5 Å². The SMILES string of the molecule is ClCc1nc2cc(I)ccc2n1Cc1cc(Br)cs1. The minimum Gasteiger partial charge on any atom is -0.322 e. The molecular formula is C13H9BrClIN2S. The minimum absolute atomic E-state index is 0.428. The van der Waals surface area contributed by atoms with Crippen LogP contribution in [0, 0.1) is 3.57 Å². The molecule has 0 spiro atoms. The summed E-state index contributed by atoms with van der Waals surface area (Å²) in [4.78, 5) is 5.90. The smallest absolute Gasteiger partial charge is 0.125 e. The van der Waals surface area contributed by atoms with Crippen molar-refractivity contribution in [3.8, 4) is 0 Å². The number of rotatable bonds is 3. The van der Waals surface area contributed by atoms with Crippen LogP contribution < -0.4 is 0 Å². The summed E-state index contributed by atoms with van der Waals surface area (Å²) >= 11 is 13.6. The summed E-state index contributed by atoms with van der Waals surface area (Å²) in [6.45, 7) is 0.815. The maximum absolute atomic E-state index is 6.02. The Balaban J connectivity index is 2.10. The number of nitrogens with zero attached hydrogens (tertiary/aromatic N) is 2. The third kappa shape index (κ3) is 2.84. The molecule has 6 heteroatoms. The van der Waals surface area contributed by atoms with Crippen LogP contribution in [0.5, 0.6) is 0 Å². The van der Waals surface area contributed by atoms with Gasteiger partial charge < -0.3 is 4.57 Å². The molecule has 0 amide bonds. The zero-order valence-corrected chi connectivity index (χ0v) is 15.1. The summed E-state index contributed by atoms with van der Waals surface area (Å²) in [5.41, 5.74) is 2.15. The van der Waals surface area contributed by atoms with Crippen LogP contribution in [0.3, 0.4) is 0 Å². The Morgan fingerprint density at radius 1 is 1.37 bits per heavy atom. The molecule has 0 aliphatic rings. The molecule has 19 heavy (non-hydrogen) atoms. The molecule has 0 aliphatic heterocycles. The third-order valence-electron chi connectivity index (χ3n) is 2.84. The van der Waals surface area contributed by atoms with Crippen molar-refractivity contribution in [2.24, 2.45) is 0 Å². The molecule has 1 aromatic carbocycles. The number of thiophene rings is 1. The molecule has 0 saturated heterocycles. The quantitative estimate of drug-likeness (QED) is 0.380. The highest BCUT2D eigenvalue weighted by Crippen LogP contribution is 2.25. The first kappa shape index (κ1) is 13.9. The summed E-state index contributed by atoms with van der Waals surface area (Å²) in [6, 6.07) is 8.44. The monoisotopic (exact) mass is 466 g/mol. The topological polar surface area (TPSA) is 17.8 Å². The van der Waals surface area contributed by atoms with Gasteiger partial charge in [-0.3, -0.25) is 0 Å². The van der Waals surface area contributed by atoms with Gasteiger partial charge in [-0.05, 0) is 62.8 Å². The van der Waals surface area contributed by atoms with E-state index in [1.165, 1.54) is 8.45 Å². The van der Waals surface area contributed by atoms with Crippen molar-refractivity contribution < 1.29 is 0 Å². The van der Waals surface area contributed by atoms with E-state index in [4.69, 9.17) is 11.6 Å². The van der Waals surface area contributed by atoms with Crippen LogP contribution in [0.1, 0.15) is 10.7 Å². The molecule has 2 aromatic heterocycles. The van der Waals surface area contributed by atoms with Gasteiger partial charge in [0.15, 0.2) is 0 Å². The Bertz CT molecular complexity index is 737. The lowest BCUT2D eigenvalue weighted by molar-refractivity contribution is 0.789. The molecule has 0 N–H and O–H groups in total. The zero-order chi connectivity index (χ0) is 13.4. The van der Waals surface area contributed by atoms with Gasteiger partial charge in [-0.15, -0.1) is 22.9 Å². The fourth-order valence-corrected chi connectivity index (χ4v) is 4.14. The van der Waals surface area contributed by atoms with E-state index in [1.807, 2.05) is 0 Å². The van der Waals surface area contributed by atoms with E-state index >= 15 is 0 Å². The largest absolute Gasteiger partial charge is 0.322 e. The maximum atomic E-state index is 6.02. The molecule has 98 valence electrons. The molecule has 3 aromatic rings. The summed E-state index contributed by atoms with van der Waals surface area (Å²) in [7, 11) is 0. The number of benzene rings is 1. The second-order valence-electron chi connectivity index (χ2n) is 4.11. The van der Waals surface area contributed by atoms with Gasteiger partial charge >= 0.3 is 0 Å². The van der Waals surface area contributed by atoms with E-state index in [-0.39, 0.29) is 0 Å². The second kappa shape index (κ2) is 5.71. The minimum atomic E-state index is 0.428. The fourth-order valence-electron chi connectivity index (χ4n) is 2.02. The molecule has 2 nitrogen and oxygen atoms in total. The molecule has 0 bridgehead atoms. The van der Waals surface area contributed by atoms with Crippen molar-refractivity contribution in [1.29, 1.82) is 0 Å². The van der Waals surface area contributed by atoms with Crippen LogP contribution in [0.2, 0.25) is 0 Å². The lowest BCUT2D eigenvalue weighted by atomic mass is 10.3. The number of hydrogen-bond donors (Lipinski definition) is 0. The Kier molecular flexibility index (Phi) is 4.17. The average molecular weight is 468 g/mol. The Morgan fingerprint density at radius 2 is 2.21 bits per heavy atom. The summed E-state index contributed by atoms with van der Waals surface area (Å²) < 4.78 is 4.50. The molecule has 0 radical (unpaired) electrons. The maximum Gasteiger partial charge on any atom is 0.125 e.